The van der Waals surface area contributed by atoms with Crippen molar-refractivity contribution < 1.29 is 9.53 Å². The zero-order valence-corrected chi connectivity index (χ0v) is 20.2. The number of nitrogens with one attached hydrogen (secondary N) is 2. The summed E-state index contributed by atoms with van der Waals surface area (Å²) in [6, 6.07) is 14.3. The summed E-state index contributed by atoms with van der Waals surface area (Å²) in [6.45, 7) is 4.13. The molecule has 0 atom stereocenters. The minimum atomic E-state index is 0. The van der Waals surface area contributed by atoms with Crippen molar-refractivity contribution in [3.8, 4) is 5.75 Å². The first-order valence-corrected chi connectivity index (χ1v) is 10.1. The average Bonchev–Trinajstić information content (AvgIpc) is 3.18. The van der Waals surface area contributed by atoms with Gasteiger partial charge in [-0.3, -0.25) is 9.79 Å². The van der Waals surface area contributed by atoms with Gasteiger partial charge in [-0.05, 0) is 43.0 Å². The van der Waals surface area contributed by atoms with Gasteiger partial charge < -0.3 is 20.3 Å². The van der Waals surface area contributed by atoms with Crippen LogP contribution in [0.4, 0.5) is 5.69 Å². The molecule has 7 heteroatoms. The molecule has 3 rings (SSSR count). The number of para-hydroxylation sites is 1. The summed E-state index contributed by atoms with van der Waals surface area (Å²) in [5.41, 5.74) is 4.56. The van der Waals surface area contributed by atoms with Crippen molar-refractivity contribution in [2.45, 2.75) is 32.7 Å². The molecule has 0 unspecified atom stereocenters. The van der Waals surface area contributed by atoms with Crippen LogP contribution in [-0.4, -0.2) is 39.1 Å². The summed E-state index contributed by atoms with van der Waals surface area (Å²) in [5.74, 6) is 1.76. The van der Waals surface area contributed by atoms with Crippen LogP contribution < -0.4 is 20.3 Å². The standard InChI is InChI=1S/C23H30N4O2.HI/c1-17-10-11-19(21(15-17)29-3)16-26-23(24-2)25-13-6-9-22(28)27-14-12-18-7-4-5-8-20(18)27;/h4-5,7-8,10-11,15H,6,9,12-14,16H2,1-3H3,(H2,24,25,26);1H. The van der Waals surface area contributed by atoms with Gasteiger partial charge >= 0.3 is 0 Å². The molecule has 162 valence electrons. The van der Waals surface area contributed by atoms with Gasteiger partial charge in [-0.15, -0.1) is 24.0 Å². The summed E-state index contributed by atoms with van der Waals surface area (Å²) in [5, 5.41) is 6.58. The first-order chi connectivity index (χ1) is 14.1. The van der Waals surface area contributed by atoms with Crippen molar-refractivity contribution in [1.82, 2.24) is 10.6 Å². The number of guanidine groups is 1. The number of rotatable bonds is 7. The quantitative estimate of drug-likeness (QED) is 0.252. The van der Waals surface area contributed by atoms with E-state index in [9.17, 15) is 4.79 Å². The molecule has 6 nitrogen and oxygen atoms in total. The average molecular weight is 522 g/mol. The van der Waals surface area contributed by atoms with E-state index in [1.807, 2.05) is 36.1 Å². The number of halogens is 1. The van der Waals surface area contributed by atoms with Crippen molar-refractivity contribution in [3.63, 3.8) is 0 Å². The summed E-state index contributed by atoms with van der Waals surface area (Å²) in [7, 11) is 3.43. The first kappa shape index (κ1) is 24.0. The predicted molar refractivity (Wildman–Crippen MR) is 133 cm³/mol. The van der Waals surface area contributed by atoms with Gasteiger partial charge in [0.1, 0.15) is 5.75 Å². The van der Waals surface area contributed by atoms with Gasteiger partial charge in [0.2, 0.25) is 5.91 Å². The SMILES string of the molecule is CN=C(NCCCC(=O)N1CCc2ccccc21)NCc1ccc(C)cc1OC.I. The second kappa shape index (κ2) is 11.8. The Bertz CT molecular complexity index is 885. The molecule has 30 heavy (non-hydrogen) atoms. The van der Waals surface area contributed by atoms with Crippen molar-refractivity contribution in [2.75, 3.05) is 32.1 Å². The third-order valence-electron chi connectivity index (χ3n) is 5.16. The van der Waals surface area contributed by atoms with Crippen LogP contribution in [0.25, 0.3) is 0 Å². The molecule has 0 aliphatic carbocycles. The van der Waals surface area contributed by atoms with Crippen molar-refractivity contribution >= 4 is 41.5 Å². The maximum Gasteiger partial charge on any atom is 0.227 e. The monoisotopic (exact) mass is 522 g/mol. The molecule has 1 aliphatic heterocycles. The summed E-state index contributed by atoms with van der Waals surface area (Å²) >= 11 is 0. The number of anilines is 1. The van der Waals surface area contributed by atoms with E-state index >= 15 is 0 Å². The number of ether oxygens (including phenoxy) is 1. The molecule has 0 spiro atoms. The van der Waals surface area contributed by atoms with E-state index in [0.29, 0.717) is 25.5 Å². The number of carbonyl (C=O) groups excluding carboxylic acids is 1. The van der Waals surface area contributed by atoms with Gasteiger partial charge in [-0.1, -0.05) is 30.3 Å². The first-order valence-electron chi connectivity index (χ1n) is 10.1. The van der Waals surface area contributed by atoms with Crippen LogP contribution in [0.1, 0.15) is 29.5 Å². The number of hydrogen-bond donors (Lipinski definition) is 2. The maximum absolute atomic E-state index is 12.6. The molecule has 0 saturated carbocycles. The largest absolute Gasteiger partial charge is 0.496 e. The van der Waals surface area contributed by atoms with E-state index < -0.39 is 0 Å². The number of fused-ring (bicyclic) bond motifs is 1. The lowest BCUT2D eigenvalue weighted by molar-refractivity contribution is -0.118. The van der Waals surface area contributed by atoms with E-state index in [0.717, 1.165) is 36.4 Å². The summed E-state index contributed by atoms with van der Waals surface area (Å²) in [6.07, 6.45) is 2.22. The van der Waals surface area contributed by atoms with Crippen LogP contribution >= 0.6 is 24.0 Å². The fourth-order valence-corrected chi connectivity index (χ4v) is 3.58. The van der Waals surface area contributed by atoms with Crippen LogP contribution in [0.2, 0.25) is 0 Å². The fourth-order valence-electron chi connectivity index (χ4n) is 3.58. The second-order valence-corrected chi connectivity index (χ2v) is 7.20. The third-order valence-corrected chi connectivity index (χ3v) is 5.16. The molecule has 1 aliphatic rings. The van der Waals surface area contributed by atoms with Crippen molar-refractivity contribution in [1.29, 1.82) is 0 Å². The van der Waals surface area contributed by atoms with Crippen molar-refractivity contribution in [2.24, 2.45) is 4.99 Å². The van der Waals surface area contributed by atoms with E-state index in [4.69, 9.17) is 4.74 Å². The molecule has 0 fully saturated rings. The zero-order valence-electron chi connectivity index (χ0n) is 17.9. The Labute approximate surface area is 196 Å². The Morgan fingerprint density at radius 1 is 1.20 bits per heavy atom. The molecule has 0 bridgehead atoms. The zero-order chi connectivity index (χ0) is 20.6. The number of hydrogen-bond acceptors (Lipinski definition) is 3. The van der Waals surface area contributed by atoms with E-state index in [-0.39, 0.29) is 29.9 Å². The Kier molecular flexibility index (Phi) is 9.42. The highest BCUT2D eigenvalue weighted by Gasteiger charge is 2.23. The van der Waals surface area contributed by atoms with E-state index in [1.165, 1.54) is 11.1 Å². The van der Waals surface area contributed by atoms with Gasteiger partial charge in [-0.2, -0.15) is 0 Å². The Morgan fingerprint density at radius 2 is 2.00 bits per heavy atom. The maximum atomic E-state index is 12.6. The van der Waals surface area contributed by atoms with Crippen LogP contribution in [-0.2, 0) is 17.8 Å². The Morgan fingerprint density at radius 3 is 2.77 bits per heavy atom. The van der Waals surface area contributed by atoms with E-state index in [1.54, 1.807) is 14.2 Å². The number of nitrogens with zero attached hydrogens (tertiary/aromatic N) is 2. The number of aryl methyl sites for hydroxylation is 1. The molecule has 0 radical (unpaired) electrons. The smallest absolute Gasteiger partial charge is 0.227 e. The normalized spacial score (nSPS) is 12.8. The van der Waals surface area contributed by atoms with Crippen LogP contribution in [0, 0.1) is 6.92 Å². The molecular weight excluding hydrogens is 491 g/mol. The Balaban J connectivity index is 0.00000320. The lowest BCUT2D eigenvalue weighted by Crippen LogP contribution is -2.38. The second-order valence-electron chi connectivity index (χ2n) is 7.20. The van der Waals surface area contributed by atoms with Crippen LogP contribution in [0.15, 0.2) is 47.5 Å². The highest BCUT2D eigenvalue weighted by molar-refractivity contribution is 14.0. The Hall–Kier alpha value is -2.29. The number of aliphatic imine (C=N–C) groups is 1. The van der Waals surface area contributed by atoms with Gasteiger partial charge in [-0.25, -0.2) is 0 Å². The van der Waals surface area contributed by atoms with E-state index in [2.05, 4.69) is 33.8 Å². The highest BCUT2D eigenvalue weighted by Crippen LogP contribution is 2.28. The third kappa shape index (κ3) is 6.10. The summed E-state index contributed by atoms with van der Waals surface area (Å²) < 4.78 is 5.45. The van der Waals surface area contributed by atoms with Crippen LogP contribution in [0.5, 0.6) is 5.75 Å². The number of benzene rings is 2. The number of carbonyl (C=O) groups is 1. The molecule has 1 amide bonds. The molecule has 2 aromatic carbocycles. The summed E-state index contributed by atoms with van der Waals surface area (Å²) in [4.78, 5) is 18.7. The number of methoxy groups -OCH3 is 1. The van der Waals surface area contributed by atoms with Gasteiger partial charge in [0, 0.05) is 44.4 Å². The van der Waals surface area contributed by atoms with Crippen molar-refractivity contribution in [3.05, 3.63) is 59.2 Å². The molecule has 2 N–H and O–H groups in total. The van der Waals surface area contributed by atoms with Crippen LogP contribution in [0.3, 0.4) is 0 Å². The predicted octanol–water partition coefficient (Wildman–Crippen LogP) is 3.66. The van der Waals surface area contributed by atoms with Gasteiger partial charge in [0.15, 0.2) is 5.96 Å². The van der Waals surface area contributed by atoms with Gasteiger partial charge in [0.25, 0.3) is 0 Å². The molecule has 1 heterocycles. The lowest BCUT2D eigenvalue weighted by Gasteiger charge is -2.18. The fraction of sp³-hybridized carbons (Fsp3) is 0.391. The minimum Gasteiger partial charge on any atom is -0.496 e. The topological polar surface area (TPSA) is 66.0 Å². The lowest BCUT2D eigenvalue weighted by atomic mass is 10.1. The molecule has 0 aromatic heterocycles. The molecule has 0 saturated heterocycles. The number of amides is 1. The molecular formula is C23H31IN4O2. The highest BCUT2D eigenvalue weighted by atomic mass is 127. The molecule has 2 aromatic rings. The van der Waals surface area contributed by atoms with Gasteiger partial charge in [0.05, 0.1) is 7.11 Å². The minimum absolute atomic E-state index is 0.